The predicted molar refractivity (Wildman–Crippen MR) is 117 cm³/mol. The van der Waals surface area contributed by atoms with Gasteiger partial charge in [-0.05, 0) is 51.1 Å². The van der Waals surface area contributed by atoms with Crippen molar-refractivity contribution in [2.24, 2.45) is 0 Å². The average molecular weight is 428 g/mol. The Morgan fingerprint density at radius 1 is 1.19 bits per heavy atom. The Hall–Kier alpha value is -2.74. The van der Waals surface area contributed by atoms with Gasteiger partial charge in [0.15, 0.2) is 6.10 Å². The number of rotatable bonds is 5. The number of aromatic nitrogens is 2. The molecule has 31 heavy (non-hydrogen) atoms. The zero-order valence-corrected chi connectivity index (χ0v) is 18.4. The molecule has 0 bridgehead atoms. The molecule has 1 amide bonds. The number of benzene rings is 1. The predicted octanol–water partition coefficient (Wildman–Crippen LogP) is 2.82. The summed E-state index contributed by atoms with van der Waals surface area (Å²) < 4.78 is 18.8. The van der Waals surface area contributed by atoms with Gasteiger partial charge in [-0.15, -0.1) is 0 Å². The summed E-state index contributed by atoms with van der Waals surface area (Å²) in [5, 5.41) is 3.24. The van der Waals surface area contributed by atoms with Crippen LogP contribution in [0.5, 0.6) is 5.75 Å². The van der Waals surface area contributed by atoms with E-state index in [1.807, 2.05) is 11.9 Å². The number of hydrogen-bond donors (Lipinski definition) is 1. The quantitative estimate of drug-likeness (QED) is 0.791. The van der Waals surface area contributed by atoms with Crippen LogP contribution < -0.4 is 10.1 Å². The number of carbonyl (C=O) groups is 1. The molecule has 2 aliphatic heterocycles. The molecule has 7 nitrogen and oxygen atoms in total. The number of carbonyl (C=O) groups excluding carboxylic acids is 1. The van der Waals surface area contributed by atoms with Gasteiger partial charge in [0.1, 0.15) is 23.2 Å². The fourth-order valence-corrected chi connectivity index (χ4v) is 4.34. The molecule has 0 saturated carbocycles. The molecule has 1 atom stereocenters. The van der Waals surface area contributed by atoms with Gasteiger partial charge in [-0.2, -0.15) is 0 Å². The molecule has 8 heteroatoms. The number of nitrogens with one attached hydrogen (secondary N) is 1. The van der Waals surface area contributed by atoms with E-state index in [-0.39, 0.29) is 17.6 Å². The van der Waals surface area contributed by atoms with Crippen LogP contribution in [0.3, 0.4) is 0 Å². The minimum Gasteiger partial charge on any atom is -0.481 e. The summed E-state index contributed by atoms with van der Waals surface area (Å²) in [6.07, 6.45) is 1.98. The molecule has 1 fully saturated rings. The van der Waals surface area contributed by atoms with E-state index in [4.69, 9.17) is 14.7 Å². The molecule has 166 valence electrons. The summed E-state index contributed by atoms with van der Waals surface area (Å²) in [7, 11) is 4.02. The highest BCUT2D eigenvalue weighted by molar-refractivity contribution is 5.81. The maximum atomic E-state index is 13.1. The number of ether oxygens (including phenoxy) is 1. The highest BCUT2D eigenvalue weighted by Crippen LogP contribution is 2.30. The summed E-state index contributed by atoms with van der Waals surface area (Å²) in [4.78, 5) is 26.7. The van der Waals surface area contributed by atoms with Gasteiger partial charge in [0.05, 0.1) is 5.69 Å². The zero-order valence-electron chi connectivity index (χ0n) is 18.4. The number of likely N-dealkylation sites (N-methyl/N-ethyl adjacent to an activating group) is 1. The molecule has 1 unspecified atom stereocenters. The minimum atomic E-state index is -0.616. The molecule has 2 aromatic rings. The fourth-order valence-electron chi connectivity index (χ4n) is 4.34. The molecule has 0 radical (unpaired) electrons. The summed E-state index contributed by atoms with van der Waals surface area (Å²) in [5.74, 6) is 2.17. The van der Waals surface area contributed by atoms with Gasteiger partial charge in [0, 0.05) is 51.1 Å². The molecule has 2 aliphatic rings. The van der Waals surface area contributed by atoms with Crippen LogP contribution in [0.1, 0.15) is 42.8 Å². The van der Waals surface area contributed by atoms with E-state index in [9.17, 15) is 9.18 Å². The number of nitrogens with zero attached hydrogens (tertiary/aromatic N) is 4. The van der Waals surface area contributed by atoms with Crippen molar-refractivity contribution in [3.63, 3.8) is 0 Å². The number of piperidine rings is 1. The molecule has 1 aromatic heterocycles. The Balaban J connectivity index is 1.38. The topological polar surface area (TPSA) is 70.6 Å². The standard InChI is InChI=1S/C23H30FN5O2/c1-15(31-18-6-4-17(24)5-7-18)23(30)29-12-8-16(9-13-29)21-26-20-10-11-28(3)14-19(20)22(25-2)27-21/h4-7,15-16H,8-14H2,1-3H3,(H,25,26,27). The third kappa shape index (κ3) is 4.79. The van der Waals surface area contributed by atoms with Crippen molar-refractivity contribution >= 4 is 11.7 Å². The van der Waals surface area contributed by atoms with E-state index in [0.29, 0.717) is 18.8 Å². The Morgan fingerprint density at radius 2 is 1.90 bits per heavy atom. The van der Waals surface area contributed by atoms with Crippen LogP contribution in [-0.2, 0) is 17.8 Å². The molecular formula is C23H30FN5O2. The first kappa shape index (κ1) is 21.5. The number of amides is 1. The Morgan fingerprint density at radius 3 is 2.58 bits per heavy atom. The van der Waals surface area contributed by atoms with Crippen LogP contribution in [0.2, 0.25) is 0 Å². The largest absolute Gasteiger partial charge is 0.481 e. The first-order valence-corrected chi connectivity index (χ1v) is 10.9. The van der Waals surface area contributed by atoms with Gasteiger partial charge < -0.3 is 19.9 Å². The van der Waals surface area contributed by atoms with E-state index in [1.54, 1.807) is 6.92 Å². The summed E-state index contributed by atoms with van der Waals surface area (Å²) in [5.41, 5.74) is 2.34. The highest BCUT2D eigenvalue weighted by Gasteiger charge is 2.30. The number of anilines is 1. The van der Waals surface area contributed by atoms with Gasteiger partial charge in [0.2, 0.25) is 0 Å². The second-order valence-corrected chi connectivity index (χ2v) is 8.41. The van der Waals surface area contributed by atoms with Crippen LogP contribution in [0, 0.1) is 5.82 Å². The zero-order chi connectivity index (χ0) is 22.0. The van der Waals surface area contributed by atoms with Crippen LogP contribution >= 0.6 is 0 Å². The molecule has 4 rings (SSSR count). The van der Waals surface area contributed by atoms with Crippen LogP contribution in [0.15, 0.2) is 24.3 Å². The van der Waals surface area contributed by atoms with Gasteiger partial charge in [-0.3, -0.25) is 4.79 Å². The highest BCUT2D eigenvalue weighted by atomic mass is 19.1. The van der Waals surface area contributed by atoms with Crippen molar-refractivity contribution in [2.45, 2.75) is 44.8 Å². The van der Waals surface area contributed by atoms with E-state index < -0.39 is 6.10 Å². The van der Waals surface area contributed by atoms with Gasteiger partial charge in [-0.25, -0.2) is 14.4 Å². The number of fused-ring (bicyclic) bond motifs is 1. The fraction of sp³-hybridized carbons (Fsp3) is 0.522. The summed E-state index contributed by atoms with van der Waals surface area (Å²) in [6, 6.07) is 5.73. The van der Waals surface area contributed by atoms with Crippen LogP contribution in [-0.4, -0.2) is 65.5 Å². The summed E-state index contributed by atoms with van der Waals surface area (Å²) in [6.45, 7) is 4.91. The minimum absolute atomic E-state index is 0.0481. The van der Waals surface area contributed by atoms with E-state index >= 15 is 0 Å². The van der Waals surface area contributed by atoms with Gasteiger partial charge in [-0.1, -0.05) is 0 Å². The lowest BCUT2D eigenvalue weighted by Crippen LogP contribution is -2.44. The lowest BCUT2D eigenvalue weighted by molar-refractivity contribution is -0.139. The molecule has 1 N–H and O–H groups in total. The Kier molecular flexibility index (Phi) is 6.36. The average Bonchev–Trinajstić information content (AvgIpc) is 2.79. The van der Waals surface area contributed by atoms with Crippen molar-refractivity contribution in [1.82, 2.24) is 19.8 Å². The molecule has 1 aromatic carbocycles. The lowest BCUT2D eigenvalue weighted by Gasteiger charge is -2.33. The molecular weight excluding hydrogens is 397 g/mol. The molecule has 3 heterocycles. The van der Waals surface area contributed by atoms with Crippen molar-refractivity contribution in [1.29, 1.82) is 0 Å². The number of likely N-dealkylation sites (tertiary alicyclic amines) is 1. The first-order chi connectivity index (χ1) is 14.9. The second-order valence-electron chi connectivity index (χ2n) is 8.41. The second kappa shape index (κ2) is 9.18. The van der Waals surface area contributed by atoms with Crippen molar-refractivity contribution < 1.29 is 13.9 Å². The maximum absolute atomic E-state index is 13.1. The van der Waals surface area contributed by atoms with Gasteiger partial charge in [0.25, 0.3) is 5.91 Å². The maximum Gasteiger partial charge on any atom is 0.263 e. The summed E-state index contributed by atoms with van der Waals surface area (Å²) >= 11 is 0. The van der Waals surface area contributed by atoms with Crippen molar-refractivity contribution in [3.05, 3.63) is 47.2 Å². The first-order valence-electron chi connectivity index (χ1n) is 10.9. The SMILES string of the molecule is CNc1nc(C2CCN(C(=O)C(C)Oc3ccc(F)cc3)CC2)nc2c1CN(C)CC2. The van der Waals surface area contributed by atoms with Crippen LogP contribution in [0.25, 0.3) is 0 Å². The van der Waals surface area contributed by atoms with E-state index in [2.05, 4.69) is 17.3 Å². The van der Waals surface area contributed by atoms with E-state index in [0.717, 1.165) is 49.7 Å². The van der Waals surface area contributed by atoms with Gasteiger partial charge >= 0.3 is 0 Å². The lowest BCUT2D eigenvalue weighted by atomic mass is 9.94. The monoisotopic (exact) mass is 427 g/mol. The Labute approximate surface area is 182 Å². The van der Waals surface area contributed by atoms with E-state index in [1.165, 1.54) is 29.8 Å². The smallest absolute Gasteiger partial charge is 0.263 e. The molecule has 0 spiro atoms. The van der Waals surface area contributed by atoms with Crippen LogP contribution in [0.4, 0.5) is 10.2 Å². The van der Waals surface area contributed by atoms with Crippen molar-refractivity contribution in [3.8, 4) is 5.75 Å². The number of hydrogen-bond acceptors (Lipinski definition) is 6. The third-order valence-electron chi connectivity index (χ3n) is 6.15. The third-order valence-corrected chi connectivity index (χ3v) is 6.15. The molecule has 0 aliphatic carbocycles. The van der Waals surface area contributed by atoms with Crippen molar-refractivity contribution in [2.75, 3.05) is 39.0 Å². The Bertz CT molecular complexity index is 911. The normalized spacial score (nSPS) is 18.4. The molecule has 1 saturated heterocycles. The number of halogens is 1.